The Labute approximate surface area is 147 Å². The molecule has 134 valence electrons. The van der Waals surface area contributed by atoms with Crippen LogP contribution in [0.2, 0.25) is 0 Å². The molecule has 0 spiro atoms. The lowest BCUT2D eigenvalue weighted by Crippen LogP contribution is -2.30. The molecule has 5 nitrogen and oxygen atoms in total. The Balaban J connectivity index is 2.09. The molecule has 0 fully saturated rings. The zero-order valence-electron chi connectivity index (χ0n) is 14.1. The van der Waals surface area contributed by atoms with E-state index in [9.17, 15) is 17.6 Å². The van der Waals surface area contributed by atoms with Gasteiger partial charge in [0.05, 0.1) is 10.5 Å². The topological polar surface area (TPSA) is 63.7 Å². The first-order chi connectivity index (χ1) is 11.9. The lowest BCUT2D eigenvalue weighted by atomic mass is 10.2. The molecule has 2 aromatic rings. The van der Waals surface area contributed by atoms with E-state index >= 15 is 0 Å². The van der Waals surface area contributed by atoms with Gasteiger partial charge in [-0.3, -0.25) is 0 Å². The van der Waals surface area contributed by atoms with E-state index < -0.39 is 21.8 Å². The Bertz CT molecular complexity index is 830. The molecule has 7 heteroatoms. The first-order valence-electron chi connectivity index (χ1n) is 7.90. The van der Waals surface area contributed by atoms with Gasteiger partial charge in [-0.1, -0.05) is 32.0 Å². The normalized spacial score (nSPS) is 11.5. The average Bonchev–Trinajstić information content (AvgIpc) is 2.61. The van der Waals surface area contributed by atoms with Gasteiger partial charge in [-0.2, -0.15) is 4.31 Å². The first-order valence-corrected chi connectivity index (χ1v) is 9.34. The van der Waals surface area contributed by atoms with Gasteiger partial charge in [-0.25, -0.2) is 17.6 Å². The van der Waals surface area contributed by atoms with Gasteiger partial charge >= 0.3 is 5.97 Å². The number of nitrogens with zero attached hydrogens (tertiary/aromatic N) is 1. The highest BCUT2D eigenvalue weighted by Gasteiger charge is 2.21. The van der Waals surface area contributed by atoms with Crippen LogP contribution in [0.4, 0.5) is 4.39 Å². The molecule has 25 heavy (non-hydrogen) atoms. The third-order valence-electron chi connectivity index (χ3n) is 3.75. The van der Waals surface area contributed by atoms with Crippen molar-refractivity contribution in [3.63, 3.8) is 0 Å². The summed E-state index contributed by atoms with van der Waals surface area (Å²) in [4.78, 5) is 12.1. The minimum atomic E-state index is -3.57. The number of rotatable bonds is 7. The first kappa shape index (κ1) is 19.1. The fraction of sp³-hybridized carbons (Fsp3) is 0.278. The summed E-state index contributed by atoms with van der Waals surface area (Å²) in [5.74, 6) is -1.09. The molecule has 2 rings (SSSR count). The van der Waals surface area contributed by atoms with Crippen LogP contribution in [0.3, 0.4) is 0 Å². The second-order valence-electron chi connectivity index (χ2n) is 5.28. The van der Waals surface area contributed by atoms with Gasteiger partial charge in [-0.15, -0.1) is 0 Å². The van der Waals surface area contributed by atoms with Gasteiger partial charge in [0.25, 0.3) is 0 Å². The van der Waals surface area contributed by atoms with E-state index in [0.717, 1.165) is 0 Å². The molecule has 0 saturated heterocycles. The largest absolute Gasteiger partial charge is 0.457 e. The van der Waals surface area contributed by atoms with Crippen molar-refractivity contribution in [2.45, 2.75) is 25.3 Å². The summed E-state index contributed by atoms with van der Waals surface area (Å²) in [6.07, 6.45) is 0. The molecule has 0 aliphatic rings. The summed E-state index contributed by atoms with van der Waals surface area (Å²) in [5.41, 5.74) is 0.478. The van der Waals surface area contributed by atoms with Crippen LogP contribution < -0.4 is 0 Å². The quantitative estimate of drug-likeness (QED) is 0.707. The number of hydrogen-bond donors (Lipinski definition) is 0. The number of benzene rings is 2. The second kappa shape index (κ2) is 8.22. The standard InChI is InChI=1S/C18H20FNO4S/c1-3-20(4-2)25(22,23)16-11-9-14(10-12-16)18(21)24-13-15-7-5-6-8-17(15)19/h5-12H,3-4,13H2,1-2H3. The number of sulfonamides is 1. The van der Waals surface area contributed by atoms with E-state index in [1.807, 2.05) is 0 Å². The maximum Gasteiger partial charge on any atom is 0.338 e. The highest BCUT2D eigenvalue weighted by Crippen LogP contribution is 2.17. The number of hydrogen-bond acceptors (Lipinski definition) is 4. The minimum Gasteiger partial charge on any atom is -0.457 e. The van der Waals surface area contributed by atoms with E-state index in [-0.39, 0.29) is 22.6 Å². The van der Waals surface area contributed by atoms with Crippen LogP contribution >= 0.6 is 0 Å². The van der Waals surface area contributed by atoms with Crippen LogP contribution in [0, 0.1) is 5.82 Å². The Kier molecular flexibility index (Phi) is 6.27. The van der Waals surface area contributed by atoms with Crippen molar-refractivity contribution in [3.05, 3.63) is 65.5 Å². The Morgan fingerprint density at radius 2 is 1.64 bits per heavy atom. The molecule has 0 aliphatic heterocycles. The minimum absolute atomic E-state index is 0.113. The van der Waals surface area contributed by atoms with E-state index in [1.165, 1.54) is 40.7 Å². The maximum absolute atomic E-state index is 13.5. The second-order valence-corrected chi connectivity index (χ2v) is 7.22. The molecular weight excluding hydrogens is 345 g/mol. The van der Waals surface area contributed by atoms with Crippen molar-refractivity contribution in [3.8, 4) is 0 Å². The Morgan fingerprint density at radius 3 is 2.20 bits per heavy atom. The molecule has 0 aromatic heterocycles. The molecule has 0 aliphatic carbocycles. The lowest BCUT2D eigenvalue weighted by Gasteiger charge is -2.18. The van der Waals surface area contributed by atoms with E-state index in [0.29, 0.717) is 13.1 Å². The van der Waals surface area contributed by atoms with E-state index in [4.69, 9.17) is 4.74 Å². The lowest BCUT2D eigenvalue weighted by molar-refractivity contribution is 0.0469. The fourth-order valence-corrected chi connectivity index (χ4v) is 3.78. The van der Waals surface area contributed by atoms with Gasteiger partial charge < -0.3 is 4.74 Å². The molecular formula is C18H20FNO4S. The number of carbonyl (C=O) groups is 1. The summed E-state index contributed by atoms with van der Waals surface area (Å²) < 4.78 is 44.7. The van der Waals surface area contributed by atoms with Crippen molar-refractivity contribution in [2.75, 3.05) is 13.1 Å². The fourth-order valence-electron chi connectivity index (χ4n) is 2.32. The summed E-state index contributed by atoms with van der Waals surface area (Å²) in [6, 6.07) is 11.5. The summed E-state index contributed by atoms with van der Waals surface area (Å²) in [5, 5.41) is 0. The van der Waals surface area contributed by atoms with E-state index in [2.05, 4.69) is 0 Å². The monoisotopic (exact) mass is 365 g/mol. The van der Waals surface area contributed by atoms with Crippen molar-refractivity contribution in [2.24, 2.45) is 0 Å². The van der Waals surface area contributed by atoms with Crippen LogP contribution in [-0.4, -0.2) is 31.8 Å². The smallest absolute Gasteiger partial charge is 0.338 e. The van der Waals surface area contributed by atoms with Crippen molar-refractivity contribution in [1.82, 2.24) is 4.31 Å². The molecule has 0 atom stereocenters. The molecule has 0 saturated carbocycles. The SMILES string of the molecule is CCN(CC)S(=O)(=O)c1ccc(C(=O)OCc2ccccc2F)cc1. The molecule has 2 aromatic carbocycles. The molecule has 0 amide bonds. The zero-order chi connectivity index (χ0) is 18.4. The third-order valence-corrected chi connectivity index (χ3v) is 5.81. The van der Waals surface area contributed by atoms with Gasteiger partial charge in [0, 0.05) is 18.7 Å². The number of esters is 1. The molecule has 0 radical (unpaired) electrons. The average molecular weight is 365 g/mol. The summed E-state index contributed by atoms with van der Waals surface area (Å²) in [6.45, 7) is 4.06. The predicted octanol–water partition coefficient (Wildman–Crippen LogP) is 3.21. The van der Waals surface area contributed by atoms with Crippen molar-refractivity contribution >= 4 is 16.0 Å². The van der Waals surface area contributed by atoms with Gasteiger partial charge in [0.2, 0.25) is 10.0 Å². The zero-order valence-corrected chi connectivity index (χ0v) is 14.9. The van der Waals surface area contributed by atoms with Crippen LogP contribution in [0.5, 0.6) is 0 Å². The third kappa shape index (κ3) is 4.43. The van der Waals surface area contributed by atoms with E-state index in [1.54, 1.807) is 26.0 Å². The van der Waals surface area contributed by atoms with Gasteiger partial charge in [0.15, 0.2) is 0 Å². The number of halogens is 1. The van der Waals surface area contributed by atoms with Crippen molar-refractivity contribution < 1.29 is 22.3 Å². The Morgan fingerprint density at radius 1 is 1.04 bits per heavy atom. The predicted molar refractivity (Wildman–Crippen MR) is 92.1 cm³/mol. The van der Waals surface area contributed by atoms with Crippen molar-refractivity contribution in [1.29, 1.82) is 0 Å². The van der Waals surface area contributed by atoms with Crippen LogP contribution in [0.1, 0.15) is 29.8 Å². The van der Waals surface area contributed by atoms with Crippen LogP contribution in [0.25, 0.3) is 0 Å². The van der Waals surface area contributed by atoms with Crippen LogP contribution in [-0.2, 0) is 21.4 Å². The van der Waals surface area contributed by atoms with Gasteiger partial charge in [0.1, 0.15) is 12.4 Å². The summed E-state index contributed by atoms with van der Waals surface area (Å²) in [7, 11) is -3.57. The Hall–Kier alpha value is -2.25. The number of ether oxygens (including phenoxy) is 1. The molecule has 0 heterocycles. The highest BCUT2D eigenvalue weighted by atomic mass is 32.2. The molecule has 0 unspecified atom stereocenters. The molecule has 0 N–H and O–H groups in total. The molecule has 0 bridgehead atoms. The van der Waals surface area contributed by atoms with Gasteiger partial charge in [-0.05, 0) is 30.3 Å². The maximum atomic E-state index is 13.5. The number of carbonyl (C=O) groups excluding carboxylic acids is 1. The highest BCUT2D eigenvalue weighted by molar-refractivity contribution is 7.89. The van der Waals surface area contributed by atoms with Crippen LogP contribution in [0.15, 0.2) is 53.4 Å². The summed E-state index contributed by atoms with van der Waals surface area (Å²) >= 11 is 0.